The van der Waals surface area contributed by atoms with E-state index in [-0.39, 0.29) is 11.8 Å². The lowest BCUT2D eigenvalue weighted by Gasteiger charge is -2.32. The van der Waals surface area contributed by atoms with E-state index in [2.05, 4.69) is 25.8 Å². The lowest BCUT2D eigenvalue weighted by Crippen LogP contribution is -2.43. The number of carbonyl (C=O) groups is 1. The first-order valence-corrected chi connectivity index (χ1v) is 9.06. The standard InChI is InChI=1S/C20H23N5O/c1-24-18-10-3-2-9-17(18)23-20(24)25-12-6-7-15(14-25)19(26)22-13-16-8-4-5-11-21-16/h2-5,8-11,15H,6-7,12-14H2,1H3,(H,22,26)/t15-/m1/s1. The maximum absolute atomic E-state index is 12.6. The van der Waals surface area contributed by atoms with E-state index in [0.717, 1.165) is 42.1 Å². The molecule has 1 fully saturated rings. The van der Waals surface area contributed by atoms with Crippen molar-refractivity contribution in [2.24, 2.45) is 13.0 Å². The van der Waals surface area contributed by atoms with E-state index >= 15 is 0 Å². The molecule has 3 heterocycles. The molecule has 6 nitrogen and oxygen atoms in total. The number of aryl methyl sites for hydroxylation is 1. The summed E-state index contributed by atoms with van der Waals surface area (Å²) in [4.78, 5) is 23.9. The van der Waals surface area contributed by atoms with Crippen LogP contribution in [0.5, 0.6) is 0 Å². The van der Waals surface area contributed by atoms with Crippen LogP contribution >= 0.6 is 0 Å². The molecule has 3 aromatic rings. The summed E-state index contributed by atoms with van der Waals surface area (Å²) in [6.07, 6.45) is 3.65. The first-order valence-electron chi connectivity index (χ1n) is 9.06. The van der Waals surface area contributed by atoms with Crippen molar-refractivity contribution >= 4 is 22.9 Å². The number of hydrogen-bond acceptors (Lipinski definition) is 4. The summed E-state index contributed by atoms with van der Waals surface area (Å²) in [5, 5.41) is 3.03. The number of rotatable bonds is 4. The van der Waals surface area contributed by atoms with Crippen molar-refractivity contribution in [3.8, 4) is 0 Å². The highest BCUT2D eigenvalue weighted by Gasteiger charge is 2.28. The summed E-state index contributed by atoms with van der Waals surface area (Å²) < 4.78 is 2.11. The van der Waals surface area contributed by atoms with Gasteiger partial charge >= 0.3 is 0 Å². The summed E-state index contributed by atoms with van der Waals surface area (Å²) in [6.45, 7) is 2.11. The van der Waals surface area contributed by atoms with Gasteiger partial charge in [0.2, 0.25) is 11.9 Å². The minimum atomic E-state index is -0.0210. The van der Waals surface area contributed by atoms with Crippen molar-refractivity contribution in [1.82, 2.24) is 19.9 Å². The molecule has 6 heteroatoms. The van der Waals surface area contributed by atoms with Crippen molar-refractivity contribution in [2.75, 3.05) is 18.0 Å². The van der Waals surface area contributed by atoms with E-state index in [9.17, 15) is 4.79 Å². The molecule has 0 saturated carbocycles. The van der Waals surface area contributed by atoms with Crippen molar-refractivity contribution in [2.45, 2.75) is 19.4 Å². The number of nitrogens with zero attached hydrogens (tertiary/aromatic N) is 4. The number of carbonyl (C=O) groups excluding carboxylic acids is 1. The van der Waals surface area contributed by atoms with E-state index < -0.39 is 0 Å². The number of hydrogen-bond donors (Lipinski definition) is 1. The third kappa shape index (κ3) is 3.27. The van der Waals surface area contributed by atoms with Crippen LogP contribution in [-0.4, -0.2) is 33.5 Å². The Balaban J connectivity index is 1.45. The number of para-hydroxylation sites is 2. The monoisotopic (exact) mass is 349 g/mol. The number of imidazole rings is 1. The molecule has 26 heavy (non-hydrogen) atoms. The molecule has 1 atom stereocenters. The minimum Gasteiger partial charge on any atom is -0.350 e. The highest BCUT2D eigenvalue weighted by Crippen LogP contribution is 2.26. The number of benzene rings is 1. The zero-order chi connectivity index (χ0) is 17.9. The van der Waals surface area contributed by atoms with Crippen LogP contribution in [0.15, 0.2) is 48.7 Å². The van der Waals surface area contributed by atoms with Crippen LogP contribution in [0, 0.1) is 5.92 Å². The fraction of sp³-hybridized carbons (Fsp3) is 0.350. The summed E-state index contributed by atoms with van der Waals surface area (Å²) in [7, 11) is 2.04. The van der Waals surface area contributed by atoms with E-state index in [0.29, 0.717) is 13.1 Å². The van der Waals surface area contributed by atoms with Crippen LogP contribution in [0.1, 0.15) is 18.5 Å². The Labute approximate surface area is 152 Å². The Morgan fingerprint density at radius 3 is 2.88 bits per heavy atom. The van der Waals surface area contributed by atoms with Crippen LogP contribution in [0.4, 0.5) is 5.95 Å². The van der Waals surface area contributed by atoms with Gasteiger partial charge in [0.15, 0.2) is 0 Å². The predicted octanol–water partition coefficient (Wildman–Crippen LogP) is 2.50. The zero-order valence-electron chi connectivity index (χ0n) is 14.9. The van der Waals surface area contributed by atoms with Gasteiger partial charge in [-0.15, -0.1) is 0 Å². The van der Waals surface area contributed by atoms with Gasteiger partial charge in [-0.3, -0.25) is 9.78 Å². The molecular weight excluding hydrogens is 326 g/mol. The largest absolute Gasteiger partial charge is 0.350 e. The molecule has 1 N–H and O–H groups in total. The van der Waals surface area contributed by atoms with Crippen molar-refractivity contribution in [1.29, 1.82) is 0 Å². The summed E-state index contributed by atoms with van der Waals surface area (Å²) >= 11 is 0. The fourth-order valence-electron chi connectivity index (χ4n) is 3.61. The SMILES string of the molecule is Cn1c(N2CCC[C@@H](C(=O)NCc3ccccn3)C2)nc2ccccc21. The Bertz CT molecular complexity index is 905. The maximum Gasteiger partial charge on any atom is 0.225 e. The van der Waals surface area contributed by atoms with Gasteiger partial charge in [0.05, 0.1) is 29.2 Å². The number of nitrogens with one attached hydrogen (secondary N) is 1. The van der Waals surface area contributed by atoms with Gasteiger partial charge in [-0.2, -0.15) is 0 Å². The van der Waals surface area contributed by atoms with Gasteiger partial charge in [0, 0.05) is 26.3 Å². The molecular formula is C20H23N5O. The first kappa shape index (κ1) is 16.6. The van der Waals surface area contributed by atoms with Gasteiger partial charge in [0.1, 0.15) is 0 Å². The second-order valence-electron chi connectivity index (χ2n) is 6.78. The number of pyridine rings is 1. The van der Waals surface area contributed by atoms with Gasteiger partial charge < -0.3 is 14.8 Å². The molecule has 1 aliphatic rings. The third-order valence-electron chi connectivity index (χ3n) is 5.01. The second kappa shape index (κ2) is 7.15. The highest BCUT2D eigenvalue weighted by molar-refractivity contribution is 5.81. The molecule has 1 amide bonds. The van der Waals surface area contributed by atoms with Gasteiger partial charge in [-0.1, -0.05) is 18.2 Å². The number of amides is 1. The number of anilines is 1. The number of fused-ring (bicyclic) bond motifs is 1. The number of aromatic nitrogens is 3. The summed E-state index contributed by atoms with van der Waals surface area (Å²) in [5.41, 5.74) is 2.99. The molecule has 0 spiro atoms. The van der Waals surface area contributed by atoms with Crippen LogP contribution in [-0.2, 0) is 18.4 Å². The lowest BCUT2D eigenvalue weighted by molar-refractivity contribution is -0.125. The Morgan fingerprint density at radius 1 is 1.23 bits per heavy atom. The minimum absolute atomic E-state index is 0.0210. The molecule has 0 radical (unpaired) electrons. The van der Waals surface area contributed by atoms with Crippen LogP contribution in [0.25, 0.3) is 11.0 Å². The zero-order valence-corrected chi connectivity index (χ0v) is 14.9. The fourth-order valence-corrected chi connectivity index (χ4v) is 3.61. The molecule has 1 aromatic carbocycles. The Morgan fingerprint density at radius 2 is 2.08 bits per heavy atom. The van der Waals surface area contributed by atoms with Crippen molar-refractivity contribution in [3.05, 3.63) is 54.4 Å². The Kier molecular flexibility index (Phi) is 4.56. The normalized spacial score (nSPS) is 17.4. The smallest absolute Gasteiger partial charge is 0.225 e. The topological polar surface area (TPSA) is 63.1 Å². The molecule has 1 saturated heterocycles. The molecule has 4 rings (SSSR count). The molecule has 0 unspecified atom stereocenters. The third-order valence-corrected chi connectivity index (χ3v) is 5.01. The molecule has 134 valence electrons. The van der Waals surface area contributed by atoms with Crippen LogP contribution in [0.3, 0.4) is 0 Å². The van der Waals surface area contributed by atoms with Crippen molar-refractivity contribution in [3.63, 3.8) is 0 Å². The second-order valence-corrected chi connectivity index (χ2v) is 6.78. The Hall–Kier alpha value is -2.89. The lowest BCUT2D eigenvalue weighted by atomic mass is 9.97. The summed E-state index contributed by atoms with van der Waals surface area (Å²) in [6, 6.07) is 13.9. The quantitative estimate of drug-likeness (QED) is 0.786. The first-order chi connectivity index (χ1) is 12.7. The van der Waals surface area contributed by atoms with Gasteiger partial charge in [-0.05, 0) is 37.1 Å². The number of piperidine rings is 1. The van der Waals surface area contributed by atoms with Gasteiger partial charge in [0.25, 0.3) is 0 Å². The molecule has 2 aromatic heterocycles. The molecule has 1 aliphatic heterocycles. The maximum atomic E-state index is 12.6. The van der Waals surface area contributed by atoms with Gasteiger partial charge in [-0.25, -0.2) is 4.98 Å². The average Bonchev–Trinajstić information content (AvgIpc) is 3.04. The van der Waals surface area contributed by atoms with E-state index in [1.165, 1.54) is 0 Å². The highest BCUT2D eigenvalue weighted by atomic mass is 16.1. The molecule has 0 bridgehead atoms. The van der Waals surface area contributed by atoms with E-state index in [1.807, 2.05) is 43.4 Å². The van der Waals surface area contributed by atoms with Crippen LogP contribution in [0.2, 0.25) is 0 Å². The predicted molar refractivity (Wildman–Crippen MR) is 102 cm³/mol. The van der Waals surface area contributed by atoms with E-state index in [1.54, 1.807) is 6.20 Å². The van der Waals surface area contributed by atoms with Crippen molar-refractivity contribution < 1.29 is 4.79 Å². The van der Waals surface area contributed by atoms with Crippen LogP contribution < -0.4 is 10.2 Å². The summed E-state index contributed by atoms with van der Waals surface area (Å²) in [5.74, 6) is 1.01. The average molecular weight is 349 g/mol. The molecule has 0 aliphatic carbocycles. The van der Waals surface area contributed by atoms with E-state index in [4.69, 9.17) is 4.98 Å².